The molecule has 30 heavy (non-hydrogen) atoms. The summed E-state index contributed by atoms with van der Waals surface area (Å²) in [7, 11) is 0. The van der Waals surface area contributed by atoms with E-state index in [1.807, 2.05) is 27.8 Å². The Bertz CT molecular complexity index is 966. The lowest BCUT2D eigenvalue weighted by Gasteiger charge is -2.25. The number of halogens is 1. The van der Waals surface area contributed by atoms with Crippen LogP contribution in [0.25, 0.3) is 0 Å². The molecule has 1 fully saturated rings. The third-order valence-electron chi connectivity index (χ3n) is 5.63. The number of hydrogen-bond donors (Lipinski definition) is 0. The smallest absolute Gasteiger partial charge is 0.244 e. The Labute approximate surface area is 181 Å². The van der Waals surface area contributed by atoms with E-state index >= 15 is 0 Å². The van der Waals surface area contributed by atoms with Crippen molar-refractivity contribution in [1.29, 1.82) is 0 Å². The second kappa shape index (κ2) is 8.60. The summed E-state index contributed by atoms with van der Waals surface area (Å²) in [6.45, 7) is 5.82. The van der Waals surface area contributed by atoms with E-state index in [4.69, 9.17) is 11.6 Å². The summed E-state index contributed by atoms with van der Waals surface area (Å²) in [5, 5.41) is 6.80. The van der Waals surface area contributed by atoms with E-state index in [1.54, 1.807) is 18.3 Å². The largest absolute Gasteiger partial charge is 0.334 e. The molecule has 7 nitrogen and oxygen atoms in total. The number of carbonyl (C=O) groups excluding carboxylic acids is 2. The summed E-state index contributed by atoms with van der Waals surface area (Å²) in [5.74, 6) is 1.33. The van der Waals surface area contributed by atoms with Gasteiger partial charge in [-0.3, -0.25) is 9.59 Å². The maximum Gasteiger partial charge on any atom is 0.244 e. The fourth-order valence-corrected chi connectivity index (χ4v) is 4.24. The molecule has 4 rings (SSSR count). The summed E-state index contributed by atoms with van der Waals surface area (Å²) >= 11 is 6.03. The first-order chi connectivity index (χ1) is 14.4. The third kappa shape index (κ3) is 4.12. The van der Waals surface area contributed by atoms with Crippen molar-refractivity contribution in [2.24, 2.45) is 5.10 Å². The average Bonchev–Trinajstić information content (AvgIpc) is 3.45. The van der Waals surface area contributed by atoms with Crippen LogP contribution in [-0.4, -0.2) is 56.1 Å². The van der Waals surface area contributed by atoms with Gasteiger partial charge in [-0.25, -0.2) is 9.99 Å². The SMILES string of the molecule is CC(C)c1nccn1CCC(=O)N1CC(N2CCCC2=O)C(c2ccc(Cl)cc2)=N1. The molecule has 2 aromatic rings. The first-order valence-corrected chi connectivity index (χ1v) is 10.8. The molecule has 2 amide bonds. The number of nitrogens with zero attached hydrogens (tertiary/aromatic N) is 5. The van der Waals surface area contributed by atoms with Crippen molar-refractivity contribution < 1.29 is 9.59 Å². The minimum atomic E-state index is -0.218. The highest BCUT2D eigenvalue weighted by molar-refractivity contribution is 6.30. The van der Waals surface area contributed by atoms with Crippen molar-refractivity contribution in [1.82, 2.24) is 19.5 Å². The zero-order chi connectivity index (χ0) is 21.3. The van der Waals surface area contributed by atoms with Crippen LogP contribution in [-0.2, 0) is 16.1 Å². The van der Waals surface area contributed by atoms with Crippen molar-refractivity contribution in [3.05, 3.63) is 53.1 Å². The Balaban J connectivity index is 1.52. The van der Waals surface area contributed by atoms with Crippen molar-refractivity contribution in [2.45, 2.75) is 51.6 Å². The Hall–Kier alpha value is -2.67. The lowest BCUT2D eigenvalue weighted by molar-refractivity contribution is -0.133. The first kappa shape index (κ1) is 20.6. The molecule has 2 aliphatic rings. The van der Waals surface area contributed by atoms with Gasteiger partial charge >= 0.3 is 0 Å². The highest BCUT2D eigenvalue weighted by atomic mass is 35.5. The highest BCUT2D eigenvalue weighted by Gasteiger charge is 2.38. The van der Waals surface area contributed by atoms with Crippen molar-refractivity contribution in [2.75, 3.05) is 13.1 Å². The van der Waals surface area contributed by atoms with Crippen LogP contribution in [0.3, 0.4) is 0 Å². The molecule has 1 unspecified atom stereocenters. The molecule has 0 bridgehead atoms. The van der Waals surface area contributed by atoms with E-state index in [0.717, 1.165) is 23.5 Å². The fourth-order valence-electron chi connectivity index (χ4n) is 4.12. The van der Waals surface area contributed by atoms with Gasteiger partial charge in [0.05, 0.1) is 18.3 Å². The number of aromatic nitrogens is 2. The molecule has 3 heterocycles. The van der Waals surface area contributed by atoms with Gasteiger partial charge in [0.25, 0.3) is 0 Å². The van der Waals surface area contributed by atoms with Gasteiger partial charge in [-0.1, -0.05) is 37.6 Å². The quantitative estimate of drug-likeness (QED) is 0.710. The maximum absolute atomic E-state index is 13.0. The topological polar surface area (TPSA) is 70.8 Å². The van der Waals surface area contributed by atoms with Gasteiger partial charge in [0, 0.05) is 54.8 Å². The van der Waals surface area contributed by atoms with Gasteiger partial charge in [-0.15, -0.1) is 0 Å². The lowest BCUT2D eigenvalue weighted by Crippen LogP contribution is -2.44. The van der Waals surface area contributed by atoms with Crippen LogP contribution in [0.5, 0.6) is 0 Å². The average molecular weight is 428 g/mol. The number of rotatable bonds is 6. The van der Waals surface area contributed by atoms with Crippen molar-refractivity contribution in [3.8, 4) is 0 Å². The molecule has 1 atom stereocenters. The van der Waals surface area contributed by atoms with Crippen molar-refractivity contribution in [3.63, 3.8) is 0 Å². The van der Waals surface area contributed by atoms with Crippen LogP contribution >= 0.6 is 11.6 Å². The summed E-state index contributed by atoms with van der Waals surface area (Å²) in [6, 6.07) is 7.18. The predicted molar refractivity (Wildman–Crippen MR) is 115 cm³/mol. The minimum absolute atomic E-state index is 0.0565. The molecular weight excluding hydrogens is 402 g/mol. The normalized spacial score (nSPS) is 19.1. The van der Waals surface area contributed by atoms with Gasteiger partial charge in [0.1, 0.15) is 5.82 Å². The number of benzene rings is 1. The Kier molecular flexibility index (Phi) is 5.90. The van der Waals surface area contributed by atoms with Crippen LogP contribution in [0, 0.1) is 0 Å². The summed E-state index contributed by atoms with van der Waals surface area (Å²) in [5.41, 5.74) is 1.64. The van der Waals surface area contributed by atoms with E-state index in [-0.39, 0.29) is 17.9 Å². The molecule has 1 aromatic carbocycles. The van der Waals surface area contributed by atoms with Crippen LogP contribution < -0.4 is 0 Å². The predicted octanol–water partition coefficient (Wildman–Crippen LogP) is 3.29. The molecule has 0 N–H and O–H groups in total. The van der Waals surface area contributed by atoms with Crippen LogP contribution in [0.2, 0.25) is 5.02 Å². The standard InChI is InChI=1S/C22H26ClN5O2/c1-15(2)22-24-10-13-26(22)12-9-20(30)28-14-18(27-11-3-4-19(27)29)21(25-28)16-5-7-17(23)8-6-16/h5-8,10,13,15,18H,3-4,9,11-12,14H2,1-2H3. The van der Waals surface area contributed by atoms with Gasteiger partial charge in [-0.2, -0.15) is 5.10 Å². The first-order valence-electron chi connectivity index (χ1n) is 10.4. The van der Waals surface area contributed by atoms with Crippen LogP contribution in [0.4, 0.5) is 0 Å². The van der Waals surface area contributed by atoms with Crippen LogP contribution in [0.15, 0.2) is 41.8 Å². The lowest BCUT2D eigenvalue weighted by atomic mass is 10.0. The minimum Gasteiger partial charge on any atom is -0.334 e. The molecule has 0 radical (unpaired) electrons. The fraction of sp³-hybridized carbons (Fsp3) is 0.455. The molecule has 8 heteroatoms. The summed E-state index contributed by atoms with van der Waals surface area (Å²) in [4.78, 5) is 31.6. The number of imidazole rings is 1. The van der Waals surface area contributed by atoms with E-state index in [9.17, 15) is 9.59 Å². The Morgan fingerprint density at radius 3 is 2.70 bits per heavy atom. The molecule has 0 saturated carbocycles. The Morgan fingerprint density at radius 2 is 2.03 bits per heavy atom. The summed E-state index contributed by atoms with van der Waals surface area (Å²) < 4.78 is 2.02. The van der Waals surface area contributed by atoms with Gasteiger partial charge in [0.15, 0.2) is 0 Å². The third-order valence-corrected chi connectivity index (χ3v) is 5.89. The molecule has 0 spiro atoms. The van der Waals surface area contributed by atoms with E-state index in [0.29, 0.717) is 43.4 Å². The molecule has 1 saturated heterocycles. The van der Waals surface area contributed by atoms with E-state index < -0.39 is 0 Å². The van der Waals surface area contributed by atoms with Crippen LogP contribution in [0.1, 0.15) is 50.4 Å². The highest BCUT2D eigenvalue weighted by Crippen LogP contribution is 2.25. The second-order valence-corrected chi connectivity index (χ2v) is 8.49. The van der Waals surface area contributed by atoms with Gasteiger partial charge in [0.2, 0.25) is 11.8 Å². The number of hydrogen-bond acceptors (Lipinski definition) is 4. The Morgan fingerprint density at radius 1 is 1.27 bits per heavy atom. The van der Waals surface area contributed by atoms with Gasteiger partial charge < -0.3 is 9.47 Å². The summed E-state index contributed by atoms with van der Waals surface area (Å²) in [6.07, 6.45) is 5.39. The van der Waals surface area contributed by atoms with E-state index in [2.05, 4.69) is 23.9 Å². The number of amides is 2. The molecule has 158 valence electrons. The second-order valence-electron chi connectivity index (χ2n) is 8.06. The van der Waals surface area contributed by atoms with E-state index in [1.165, 1.54) is 5.01 Å². The van der Waals surface area contributed by atoms with Crippen molar-refractivity contribution >= 4 is 29.1 Å². The van der Waals surface area contributed by atoms with Gasteiger partial charge in [-0.05, 0) is 18.6 Å². The molecule has 1 aromatic heterocycles. The maximum atomic E-state index is 13.0. The number of carbonyl (C=O) groups is 2. The zero-order valence-corrected chi connectivity index (χ0v) is 18.0. The molecule has 0 aliphatic carbocycles. The monoisotopic (exact) mass is 427 g/mol. The zero-order valence-electron chi connectivity index (χ0n) is 17.3. The number of likely N-dealkylation sites (tertiary alicyclic amines) is 1. The molecule has 2 aliphatic heterocycles. The number of aryl methyl sites for hydroxylation is 1. The molecular formula is C22H26ClN5O2. The number of hydrazone groups is 1.